The number of aromatic hydroxyl groups is 1. The molecule has 0 heterocycles. The van der Waals surface area contributed by atoms with Crippen LogP contribution in [-0.4, -0.2) is 34.8 Å². The molecule has 0 aliphatic carbocycles. The Bertz CT molecular complexity index is 463. The van der Waals surface area contributed by atoms with Gasteiger partial charge >= 0.3 is 11.9 Å². The Balaban J connectivity index is 2.64. The average Bonchev–Trinajstić information content (AvgIpc) is 2.31. The molecule has 1 rings (SSSR count). The lowest BCUT2D eigenvalue weighted by Crippen LogP contribution is -2.35. The smallest absolute Gasteiger partial charge is 0.341 e. The van der Waals surface area contributed by atoms with Crippen LogP contribution < -0.4 is 5.73 Å². The molecule has 0 fully saturated rings. The van der Waals surface area contributed by atoms with Crippen LogP contribution >= 0.6 is 11.6 Å². The number of carboxylic acids is 1. The number of carbonyl (C=O) groups is 2. The number of esters is 1. The molecule has 0 amide bonds. The van der Waals surface area contributed by atoms with Crippen molar-refractivity contribution in [3.05, 3.63) is 28.8 Å². The van der Waals surface area contributed by atoms with Gasteiger partial charge in [-0.1, -0.05) is 23.7 Å². The van der Waals surface area contributed by atoms with E-state index in [9.17, 15) is 14.7 Å². The predicted molar refractivity (Wildman–Crippen MR) is 63.4 cm³/mol. The van der Waals surface area contributed by atoms with Gasteiger partial charge in [0.25, 0.3) is 0 Å². The van der Waals surface area contributed by atoms with Crippen molar-refractivity contribution < 1.29 is 24.5 Å². The van der Waals surface area contributed by atoms with Gasteiger partial charge in [0.1, 0.15) is 11.8 Å². The highest BCUT2D eigenvalue weighted by Crippen LogP contribution is 2.27. The Hall–Kier alpha value is -1.79. The Morgan fingerprint density at radius 3 is 2.72 bits per heavy atom. The lowest BCUT2D eigenvalue weighted by Gasteiger charge is -2.12. The largest absolute Gasteiger partial charge is 0.506 e. The second kappa shape index (κ2) is 6.23. The number of phenols is 1. The van der Waals surface area contributed by atoms with Crippen LogP contribution in [0.1, 0.15) is 5.56 Å². The average molecular weight is 274 g/mol. The van der Waals surface area contributed by atoms with Crippen LogP contribution in [0.4, 0.5) is 0 Å². The number of para-hydroxylation sites is 1. The monoisotopic (exact) mass is 273 g/mol. The Kier molecular flexibility index (Phi) is 4.94. The van der Waals surface area contributed by atoms with Gasteiger partial charge in [-0.2, -0.15) is 0 Å². The molecule has 1 aromatic rings. The second-order valence-electron chi connectivity index (χ2n) is 3.56. The maximum absolute atomic E-state index is 11.3. The number of aliphatic carboxylic acids is 1. The molecule has 0 aliphatic heterocycles. The van der Waals surface area contributed by atoms with Gasteiger partial charge in [-0.15, -0.1) is 0 Å². The van der Waals surface area contributed by atoms with E-state index < -0.39 is 24.6 Å². The summed E-state index contributed by atoms with van der Waals surface area (Å²) in [6.45, 7) is -0.742. The van der Waals surface area contributed by atoms with Gasteiger partial charge in [-0.3, -0.25) is 4.79 Å². The number of nitrogens with two attached hydrogens (primary N) is 1. The lowest BCUT2D eigenvalue weighted by atomic mass is 10.1. The van der Waals surface area contributed by atoms with Crippen molar-refractivity contribution in [2.75, 3.05) is 6.61 Å². The van der Waals surface area contributed by atoms with Crippen LogP contribution in [-0.2, 0) is 20.7 Å². The molecule has 4 N–H and O–H groups in total. The molecule has 0 aromatic heterocycles. The molecule has 0 radical (unpaired) electrons. The maximum atomic E-state index is 11.3. The summed E-state index contributed by atoms with van der Waals surface area (Å²) in [5, 5.41) is 18.1. The third kappa shape index (κ3) is 3.90. The molecule has 0 bridgehead atoms. The fraction of sp³-hybridized carbons (Fsp3) is 0.273. The van der Waals surface area contributed by atoms with E-state index in [0.29, 0.717) is 5.56 Å². The summed E-state index contributed by atoms with van der Waals surface area (Å²) in [5.74, 6) is -2.27. The summed E-state index contributed by atoms with van der Waals surface area (Å²) in [7, 11) is 0. The van der Waals surface area contributed by atoms with E-state index in [1.165, 1.54) is 6.07 Å². The Morgan fingerprint density at radius 1 is 1.44 bits per heavy atom. The molecule has 1 atom stereocenters. The van der Waals surface area contributed by atoms with Crippen molar-refractivity contribution in [2.24, 2.45) is 5.73 Å². The first kappa shape index (κ1) is 14.3. The van der Waals surface area contributed by atoms with Crippen molar-refractivity contribution in [2.45, 2.75) is 12.5 Å². The van der Waals surface area contributed by atoms with Crippen molar-refractivity contribution >= 4 is 23.5 Å². The van der Waals surface area contributed by atoms with E-state index in [2.05, 4.69) is 4.74 Å². The molecule has 0 saturated heterocycles. The van der Waals surface area contributed by atoms with Crippen LogP contribution in [0.5, 0.6) is 5.75 Å². The van der Waals surface area contributed by atoms with E-state index >= 15 is 0 Å². The van der Waals surface area contributed by atoms with Gasteiger partial charge < -0.3 is 20.7 Å². The first-order chi connectivity index (χ1) is 8.41. The van der Waals surface area contributed by atoms with Crippen LogP contribution in [0.15, 0.2) is 18.2 Å². The summed E-state index contributed by atoms with van der Waals surface area (Å²) in [5.41, 5.74) is 5.92. The number of benzene rings is 1. The molecule has 0 spiro atoms. The van der Waals surface area contributed by atoms with E-state index in [1.54, 1.807) is 12.1 Å². The zero-order valence-electron chi connectivity index (χ0n) is 9.30. The normalized spacial score (nSPS) is 11.9. The second-order valence-corrected chi connectivity index (χ2v) is 3.97. The highest BCUT2D eigenvalue weighted by molar-refractivity contribution is 6.32. The van der Waals surface area contributed by atoms with Gasteiger partial charge in [0, 0.05) is 6.42 Å². The van der Waals surface area contributed by atoms with Crippen LogP contribution in [0, 0.1) is 0 Å². The number of phenolic OH excluding ortho intramolecular Hbond substituents is 1. The Labute approximate surface area is 108 Å². The summed E-state index contributed by atoms with van der Waals surface area (Å²) in [4.78, 5) is 21.5. The topological polar surface area (TPSA) is 110 Å². The third-order valence-electron chi connectivity index (χ3n) is 2.15. The molecule has 7 heteroatoms. The zero-order chi connectivity index (χ0) is 13.7. The van der Waals surface area contributed by atoms with E-state index in [4.69, 9.17) is 22.4 Å². The van der Waals surface area contributed by atoms with Gasteiger partial charge in [-0.25, -0.2) is 4.79 Å². The van der Waals surface area contributed by atoms with Gasteiger partial charge in [0.05, 0.1) is 5.02 Å². The summed E-state index contributed by atoms with van der Waals surface area (Å²) in [6.07, 6.45) is 0.00481. The third-order valence-corrected chi connectivity index (χ3v) is 2.46. The summed E-state index contributed by atoms with van der Waals surface area (Å²) >= 11 is 5.69. The molecule has 6 nitrogen and oxygen atoms in total. The van der Waals surface area contributed by atoms with Crippen molar-refractivity contribution in [3.63, 3.8) is 0 Å². The van der Waals surface area contributed by atoms with E-state index in [0.717, 1.165) is 0 Å². The summed E-state index contributed by atoms with van der Waals surface area (Å²) in [6, 6.07) is 3.60. The molecule has 98 valence electrons. The molecular weight excluding hydrogens is 262 g/mol. The Morgan fingerprint density at radius 2 is 2.11 bits per heavy atom. The minimum Gasteiger partial charge on any atom is -0.506 e. The number of rotatable bonds is 5. The van der Waals surface area contributed by atoms with Crippen molar-refractivity contribution in [1.82, 2.24) is 0 Å². The van der Waals surface area contributed by atoms with Crippen LogP contribution in [0.2, 0.25) is 5.02 Å². The maximum Gasteiger partial charge on any atom is 0.341 e. The molecule has 0 saturated carbocycles. The summed E-state index contributed by atoms with van der Waals surface area (Å²) < 4.78 is 4.43. The van der Waals surface area contributed by atoms with E-state index in [1.807, 2.05) is 0 Å². The number of carbonyl (C=O) groups excluding carboxylic acids is 1. The quantitative estimate of drug-likeness (QED) is 0.676. The van der Waals surface area contributed by atoms with Crippen molar-refractivity contribution in [1.29, 1.82) is 0 Å². The zero-order valence-corrected chi connectivity index (χ0v) is 10.1. The fourth-order valence-corrected chi connectivity index (χ4v) is 1.48. The fourth-order valence-electron chi connectivity index (χ4n) is 1.28. The van der Waals surface area contributed by atoms with Gasteiger partial charge in [-0.05, 0) is 11.6 Å². The minimum absolute atomic E-state index is 0.00481. The van der Waals surface area contributed by atoms with Gasteiger partial charge in [0.2, 0.25) is 0 Å². The van der Waals surface area contributed by atoms with Crippen LogP contribution in [0.25, 0.3) is 0 Å². The first-order valence-electron chi connectivity index (χ1n) is 5.02. The highest BCUT2D eigenvalue weighted by Gasteiger charge is 2.19. The standard InChI is InChI=1S/C11H12ClNO5/c12-7-3-1-2-6(10(7)16)4-8(13)11(17)18-5-9(14)15/h1-3,8,16H,4-5,13H2,(H,14,15). The number of halogens is 1. The first-order valence-corrected chi connectivity index (χ1v) is 5.40. The lowest BCUT2D eigenvalue weighted by molar-refractivity contribution is -0.156. The molecule has 0 aliphatic rings. The SMILES string of the molecule is NC(Cc1cccc(Cl)c1O)C(=O)OCC(=O)O. The van der Waals surface area contributed by atoms with Gasteiger partial charge in [0.15, 0.2) is 6.61 Å². The molecule has 1 aromatic carbocycles. The van der Waals surface area contributed by atoms with Crippen LogP contribution in [0.3, 0.4) is 0 Å². The number of hydrogen-bond donors (Lipinski definition) is 3. The predicted octanol–water partition coefficient (Wildman–Crippen LogP) is 0.543. The molecule has 18 heavy (non-hydrogen) atoms. The highest BCUT2D eigenvalue weighted by atomic mass is 35.5. The minimum atomic E-state index is -1.26. The number of hydrogen-bond acceptors (Lipinski definition) is 5. The molecule has 1 unspecified atom stereocenters. The number of carboxylic acid groups (broad SMARTS) is 1. The number of ether oxygens (including phenoxy) is 1. The van der Waals surface area contributed by atoms with E-state index in [-0.39, 0.29) is 17.2 Å². The van der Waals surface area contributed by atoms with Crippen molar-refractivity contribution in [3.8, 4) is 5.75 Å². The molecular formula is C11H12ClNO5.